The zero-order chi connectivity index (χ0) is 14.2. The van der Waals surface area contributed by atoms with Crippen molar-refractivity contribution >= 4 is 11.9 Å². The highest BCUT2D eigenvalue weighted by atomic mass is 16.7. The van der Waals surface area contributed by atoms with E-state index in [2.05, 4.69) is 35.3 Å². The highest BCUT2D eigenvalue weighted by Gasteiger charge is 2.03. The number of carbonyl (C=O) groups is 2. The van der Waals surface area contributed by atoms with Crippen LogP contribution in [0.1, 0.15) is 65.2 Å². The van der Waals surface area contributed by atoms with Gasteiger partial charge < -0.3 is 9.68 Å². The maximum Gasteiger partial charge on any atom is 0.324 e. The second-order valence-corrected chi connectivity index (χ2v) is 3.89. The highest BCUT2D eigenvalue weighted by molar-refractivity contribution is 5.70. The Morgan fingerprint density at radius 3 is 1.33 bits per heavy atom. The van der Waals surface area contributed by atoms with Crippen molar-refractivity contribution in [3.63, 3.8) is 0 Å². The summed E-state index contributed by atoms with van der Waals surface area (Å²) >= 11 is 0. The molecule has 0 aromatic carbocycles. The summed E-state index contributed by atoms with van der Waals surface area (Å²) in [5.74, 6) is 8.18. The molecule has 0 aliphatic rings. The minimum absolute atomic E-state index is 0.203. The molecule has 0 unspecified atom stereocenters. The van der Waals surface area contributed by atoms with Gasteiger partial charge in [-0.2, -0.15) is 11.8 Å². The van der Waals surface area contributed by atoms with Crippen molar-refractivity contribution in [2.45, 2.75) is 65.2 Å². The summed E-state index contributed by atoms with van der Waals surface area (Å²) in [6, 6.07) is 0. The number of carbonyl (C=O) groups excluding carboxylic acids is 2. The van der Waals surface area contributed by atoms with Crippen LogP contribution in [-0.2, 0) is 19.3 Å². The Labute approximate surface area is 109 Å². The number of rotatable bonds is 8. The molecule has 18 heavy (non-hydrogen) atoms. The van der Waals surface area contributed by atoms with Crippen LogP contribution in [0.3, 0.4) is 0 Å². The van der Waals surface area contributed by atoms with E-state index in [1.54, 1.807) is 0 Å². The molecule has 0 fully saturated rings. The van der Waals surface area contributed by atoms with Gasteiger partial charge in [-0.3, -0.25) is 9.59 Å². The Bertz CT molecular complexity index is 188. The fourth-order valence-electron chi connectivity index (χ4n) is 1.16. The Morgan fingerprint density at radius 2 is 1.11 bits per heavy atom. The predicted molar refractivity (Wildman–Crippen MR) is 68.8 cm³/mol. The number of hydrogen-bond acceptors (Lipinski definition) is 6. The first-order valence-corrected chi connectivity index (χ1v) is 6.41. The third-order valence-corrected chi connectivity index (χ3v) is 2.23. The average Bonchev–Trinajstić information content (AvgIpc) is 2.41. The minimum Gasteiger partial charge on any atom is -0.373 e. The van der Waals surface area contributed by atoms with Crippen LogP contribution in [0.4, 0.5) is 0 Å². The van der Waals surface area contributed by atoms with Crippen molar-refractivity contribution in [2.24, 2.45) is 11.8 Å². The molecule has 6 nitrogen and oxygen atoms in total. The first kappa shape index (κ1) is 19.2. The standard InChI is InChI=1S/C6H12N2O4.C6H14/c7-11-5(9)3-1-2-4-6(10)12-8;1-3-5-6-4-2/h1-4,7-8H2;3-6H2,1-2H3. The van der Waals surface area contributed by atoms with Crippen molar-refractivity contribution < 1.29 is 19.3 Å². The normalized spacial score (nSPS) is 9.11. The summed E-state index contributed by atoms with van der Waals surface area (Å²) in [5.41, 5.74) is 0. The molecule has 108 valence electrons. The van der Waals surface area contributed by atoms with E-state index in [1.807, 2.05) is 0 Å². The van der Waals surface area contributed by atoms with E-state index in [1.165, 1.54) is 25.7 Å². The zero-order valence-corrected chi connectivity index (χ0v) is 11.4. The van der Waals surface area contributed by atoms with Gasteiger partial charge in [0.25, 0.3) is 0 Å². The fraction of sp³-hybridized carbons (Fsp3) is 0.833. The Morgan fingerprint density at radius 1 is 0.778 bits per heavy atom. The van der Waals surface area contributed by atoms with Gasteiger partial charge in [-0.15, -0.1) is 0 Å². The van der Waals surface area contributed by atoms with Crippen molar-refractivity contribution in [3.05, 3.63) is 0 Å². The molecule has 0 aromatic rings. The largest absolute Gasteiger partial charge is 0.373 e. The lowest BCUT2D eigenvalue weighted by atomic mass is 10.2. The van der Waals surface area contributed by atoms with Gasteiger partial charge in [0.2, 0.25) is 0 Å². The molecular formula is C12H26N2O4. The van der Waals surface area contributed by atoms with E-state index < -0.39 is 11.9 Å². The molecule has 0 heterocycles. The summed E-state index contributed by atoms with van der Waals surface area (Å²) in [6.45, 7) is 4.46. The molecule has 0 bridgehead atoms. The van der Waals surface area contributed by atoms with Crippen molar-refractivity contribution in [1.29, 1.82) is 0 Å². The summed E-state index contributed by atoms with van der Waals surface area (Å²) in [6.07, 6.45) is 7.01. The lowest BCUT2D eigenvalue weighted by molar-refractivity contribution is -0.146. The molecule has 0 amide bonds. The fourth-order valence-corrected chi connectivity index (χ4v) is 1.16. The van der Waals surface area contributed by atoms with Gasteiger partial charge in [0.15, 0.2) is 0 Å². The SMILES string of the molecule is CCCCCC.NOC(=O)CCCCC(=O)ON. The Kier molecular flexibility index (Phi) is 16.9. The van der Waals surface area contributed by atoms with Gasteiger partial charge in [0, 0.05) is 12.8 Å². The Hall–Kier alpha value is -1.14. The first-order chi connectivity index (χ1) is 8.62. The maximum atomic E-state index is 10.4. The summed E-state index contributed by atoms with van der Waals surface area (Å²) in [5, 5.41) is 0. The third-order valence-electron chi connectivity index (χ3n) is 2.23. The van der Waals surface area contributed by atoms with Gasteiger partial charge in [-0.1, -0.05) is 39.5 Å². The molecule has 4 N–H and O–H groups in total. The third kappa shape index (κ3) is 17.3. The van der Waals surface area contributed by atoms with E-state index in [4.69, 9.17) is 0 Å². The van der Waals surface area contributed by atoms with E-state index >= 15 is 0 Å². The summed E-state index contributed by atoms with van der Waals surface area (Å²) in [4.78, 5) is 28.7. The van der Waals surface area contributed by atoms with Gasteiger partial charge in [0.1, 0.15) is 0 Å². The smallest absolute Gasteiger partial charge is 0.324 e. The second kappa shape index (κ2) is 15.9. The highest BCUT2D eigenvalue weighted by Crippen LogP contribution is 2.00. The summed E-state index contributed by atoms with van der Waals surface area (Å²) < 4.78 is 0. The monoisotopic (exact) mass is 262 g/mol. The van der Waals surface area contributed by atoms with Gasteiger partial charge in [-0.25, -0.2) is 0 Å². The van der Waals surface area contributed by atoms with Crippen molar-refractivity contribution in [1.82, 2.24) is 0 Å². The summed E-state index contributed by atoms with van der Waals surface area (Å²) in [7, 11) is 0. The molecule has 0 aliphatic carbocycles. The number of hydrogen-bond donors (Lipinski definition) is 2. The topological polar surface area (TPSA) is 105 Å². The van der Waals surface area contributed by atoms with Crippen LogP contribution >= 0.6 is 0 Å². The molecule has 0 aromatic heterocycles. The average molecular weight is 262 g/mol. The van der Waals surface area contributed by atoms with Crippen LogP contribution in [0, 0.1) is 0 Å². The lowest BCUT2D eigenvalue weighted by Crippen LogP contribution is -2.11. The minimum atomic E-state index is -0.490. The van der Waals surface area contributed by atoms with Crippen molar-refractivity contribution in [3.8, 4) is 0 Å². The van der Waals surface area contributed by atoms with E-state index in [0.717, 1.165) is 0 Å². The molecule has 0 saturated carbocycles. The molecule has 0 saturated heterocycles. The molecule has 0 aliphatic heterocycles. The number of unbranched alkanes of at least 4 members (excludes halogenated alkanes) is 4. The van der Waals surface area contributed by atoms with Crippen LogP contribution in [-0.4, -0.2) is 11.9 Å². The van der Waals surface area contributed by atoms with E-state index in [0.29, 0.717) is 12.8 Å². The molecule has 0 rings (SSSR count). The van der Waals surface area contributed by atoms with Crippen LogP contribution < -0.4 is 11.8 Å². The van der Waals surface area contributed by atoms with Gasteiger partial charge in [-0.05, 0) is 12.8 Å². The molecule has 0 spiro atoms. The van der Waals surface area contributed by atoms with Gasteiger partial charge in [0.05, 0.1) is 0 Å². The Balaban J connectivity index is 0. The predicted octanol–water partition coefficient (Wildman–Crippen LogP) is 1.97. The first-order valence-electron chi connectivity index (χ1n) is 6.41. The van der Waals surface area contributed by atoms with Gasteiger partial charge >= 0.3 is 11.9 Å². The van der Waals surface area contributed by atoms with Crippen LogP contribution in [0.2, 0.25) is 0 Å². The van der Waals surface area contributed by atoms with Crippen LogP contribution in [0.5, 0.6) is 0 Å². The van der Waals surface area contributed by atoms with E-state index in [9.17, 15) is 9.59 Å². The van der Waals surface area contributed by atoms with E-state index in [-0.39, 0.29) is 12.8 Å². The lowest BCUT2D eigenvalue weighted by Gasteiger charge is -1.97. The molecule has 6 heteroatoms. The van der Waals surface area contributed by atoms with Crippen LogP contribution in [0.15, 0.2) is 0 Å². The molecular weight excluding hydrogens is 236 g/mol. The quantitative estimate of drug-likeness (QED) is 0.512. The molecule has 0 radical (unpaired) electrons. The zero-order valence-electron chi connectivity index (χ0n) is 11.4. The maximum absolute atomic E-state index is 10.4. The second-order valence-electron chi connectivity index (χ2n) is 3.89. The molecule has 0 atom stereocenters. The number of nitrogens with two attached hydrogens (primary N) is 2. The van der Waals surface area contributed by atoms with Crippen LogP contribution in [0.25, 0.3) is 0 Å². The van der Waals surface area contributed by atoms with Crippen molar-refractivity contribution in [2.75, 3.05) is 0 Å².